The molecule has 0 heterocycles. The summed E-state index contributed by atoms with van der Waals surface area (Å²) in [5.74, 6) is 0. The van der Waals surface area contributed by atoms with Crippen molar-refractivity contribution in [2.45, 2.75) is 19.1 Å². The third kappa shape index (κ3) is 5.79. The summed E-state index contributed by atoms with van der Waals surface area (Å²) < 4.78 is 5.08. The maximum atomic E-state index is 9.83. The van der Waals surface area contributed by atoms with Crippen LogP contribution in [0.25, 0.3) is 0 Å². The van der Waals surface area contributed by atoms with Crippen molar-refractivity contribution in [3.63, 3.8) is 0 Å². The van der Waals surface area contributed by atoms with Crippen LogP contribution < -0.4 is 5.32 Å². The summed E-state index contributed by atoms with van der Waals surface area (Å²) in [6.45, 7) is 3.66. The standard InChI is InChI=1S/C13H21NO3/c1-2-17-10-12(15)8-14-9-13(16)11-6-4-3-5-7-11/h3-7,12-16H,2,8-10H2,1H3. The highest BCUT2D eigenvalue weighted by molar-refractivity contribution is 5.17. The Balaban J connectivity index is 2.18. The Morgan fingerprint density at radius 2 is 1.88 bits per heavy atom. The summed E-state index contributed by atoms with van der Waals surface area (Å²) >= 11 is 0. The fraction of sp³-hybridized carbons (Fsp3) is 0.538. The van der Waals surface area contributed by atoms with Gasteiger partial charge in [-0.05, 0) is 12.5 Å². The first kappa shape index (κ1) is 14.1. The molecule has 1 aromatic carbocycles. The van der Waals surface area contributed by atoms with Crippen molar-refractivity contribution >= 4 is 0 Å². The third-order valence-corrected chi connectivity index (χ3v) is 2.42. The smallest absolute Gasteiger partial charge is 0.0914 e. The van der Waals surface area contributed by atoms with Gasteiger partial charge in [0.05, 0.1) is 18.8 Å². The van der Waals surface area contributed by atoms with Crippen LogP contribution in [0.15, 0.2) is 30.3 Å². The molecule has 3 N–H and O–H groups in total. The Morgan fingerprint density at radius 1 is 1.18 bits per heavy atom. The van der Waals surface area contributed by atoms with Gasteiger partial charge in [0.15, 0.2) is 0 Å². The molecule has 0 aromatic heterocycles. The first-order valence-electron chi connectivity index (χ1n) is 5.93. The molecule has 0 amide bonds. The SMILES string of the molecule is CCOCC(O)CNCC(O)c1ccccc1. The zero-order valence-electron chi connectivity index (χ0n) is 10.2. The number of hydrogen-bond acceptors (Lipinski definition) is 4. The van der Waals surface area contributed by atoms with E-state index in [0.717, 1.165) is 5.56 Å². The molecule has 2 unspecified atom stereocenters. The number of ether oxygens (including phenoxy) is 1. The fourth-order valence-corrected chi connectivity index (χ4v) is 1.49. The Morgan fingerprint density at radius 3 is 2.53 bits per heavy atom. The van der Waals surface area contributed by atoms with E-state index >= 15 is 0 Å². The fourth-order valence-electron chi connectivity index (χ4n) is 1.49. The van der Waals surface area contributed by atoms with Gasteiger partial charge < -0.3 is 20.3 Å². The molecule has 0 fully saturated rings. The van der Waals surface area contributed by atoms with Crippen LogP contribution in [0.4, 0.5) is 0 Å². The number of aliphatic hydroxyl groups excluding tert-OH is 2. The molecule has 1 aromatic rings. The summed E-state index contributed by atoms with van der Waals surface area (Å²) in [5.41, 5.74) is 0.874. The zero-order chi connectivity index (χ0) is 12.5. The first-order chi connectivity index (χ1) is 8.24. The molecule has 0 spiro atoms. The largest absolute Gasteiger partial charge is 0.389 e. The van der Waals surface area contributed by atoms with E-state index < -0.39 is 12.2 Å². The molecule has 1 rings (SSSR count). The number of rotatable bonds is 8. The van der Waals surface area contributed by atoms with E-state index in [2.05, 4.69) is 5.32 Å². The van der Waals surface area contributed by atoms with Crippen molar-refractivity contribution < 1.29 is 14.9 Å². The normalized spacial score (nSPS) is 14.5. The second-order valence-electron chi connectivity index (χ2n) is 3.90. The molecule has 0 saturated carbocycles. The molecule has 0 radical (unpaired) electrons. The van der Waals surface area contributed by atoms with Gasteiger partial charge in [-0.3, -0.25) is 0 Å². The van der Waals surface area contributed by atoms with Crippen molar-refractivity contribution in [2.75, 3.05) is 26.3 Å². The molecule has 0 bridgehead atoms. The maximum absolute atomic E-state index is 9.83. The predicted molar refractivity (Wildman–Crippen MR) is 66.8 cm³/mol. The second-order valence-corrected chi connectivity index (χ2v) is 3.90. The predicted octanol–water partition coefficient (Wildman–Crippen LogP) is 0.707. The Bertz CT molecular complexity index is 292. The van der Waals surface area contributed by atoms with Crippen molar-refractivity contribution in [1.29, 1.82) is 0 Å². The van der Waals surface area contributed by atoms with E-state index in [-0.39, 0.29) is 0 Å². The summed E-state index contributed by atoms with van der Waals surface area (Å²) in [6, 6.07) is 9.45. The van der Waals surface area contributed by atoms with Crippen LogP contribution in [-0.2, 0) is 4.74 Å². The van der Waals surface area contributed by atoms with Crippen LogP contribution in [0.1, 0.15) is 18.6 Å². The van der Waals surface area contributed by atoms with E-state index in [1.165, 1.54) is 0 Å². The molecule has 4 nitrogen and oxygen atoms in total. The van der Waals surface area contributed by atoms with Gasteiger partial charge in [0.2, 0.25) is 0 Å². The lowest BCUT2D eigenvalue weighted by atomic mass is 10.1. The lowest BCUT2D eigenvalue weighted by molar-refractivity contribution is 0.0409. The van der Waals surface area contributed by atoms with Gasteiger partial charge in [0.25, 0.3) is 0 Å². The number of aliphatic hydroxyl groups is 2. The highest BCUT2D eigenvalue weighted by atomic mass is 16.5. The van der Waals surface area contributed by atoms with Crippen LogP contribution in [0.2, 0.25) is 0 Å². The summed E-state index contributed by atoms with van der Waals surface area (Å²) in [5, 5.41) is 22.3. The lowest BCUT2D eigenvalue weighted by Gasteiger charge is -2.15. The number of nitrogens with one attached hydrogen (secondary N) is 1. The Hall–Kier alpha value is -0.940. The quantitative estimate of drug-likeness (QED) is 0.625. The minimum atomic E-state index is -0.546. The van der Waals surface area contributed by atoms with Crippen molar-refractivity contribution in [1.82, 2.24) is 5.32 Å². The monoisotopic (exact) mass is 239 g/mol. The van der Waals surface area contributed by atoms with Crippen molar-refractivity contribution in [2.24, 2.45) is 0 Å². The highest BCUT2D eigenvalue weighted by Gasteiger charge is 2.08. The molecular weight excluding hydrogens is 218 g/mol. The Kier molecular flexibility index (Phi) is 6.81. The summed E-state index contributed by atoms with van der Waals surface area (Å²) in [6.07, 6.45) is -1.08. The van der Waals surface area contributed by atoms with Crippen LogP contribution in [-0.4, -0.2) is 42.6 Å². The average Bonchev–Trinajstić information content (AvgIpc) is 2.37. The van der Waals surface area contributed by atoms with E-state index in [1.54, 1.807) is 0 Å². The van der Waals surface area contributed by atoms with Gasteiger partial charge in [-0.2, -0.15) is 0 Å². The third-order valence-electron chi connectivity index (χ3n) is 2.42. The molecule has 2 atom stereocenters. The van der Waals surface area contributed by atoms with Gasteiger partial charge in [-0.25, -0.2) is 0 Å². The molecule has 17 heavy (non-hydrogen) atoms. The van der Waals surface area contributed by atoms with Gasteiger partial charge in [0.1, 0.15) is 0 Å². The molecule has 4 heteroatoms. The summed E-state index contributed by atoms with van der Waals surface area (Å²) in [4.78, 5) is 0. The molecule has 0 aliphatic rings. The van der Waals surface area contributed by atoms with Crippen LogP contribution in [0, 0.1) is 0 Å². The van der Waals surface area contributed by atoms with Gasteiger partial charge in [0, 0.05) is 19.7 Å². The van der Waals surface area contributed by atoms with E-state index in [4.69, 9.17) is 4.74 Å². The average molecular weight is 239 g/mol. The van der Waals surface area contributed by atoms with Gasteiger partial charge >= 0.3 is 0 Å². The van der Waals surface area contributed by atoms with E-state index in [1.807, 2.05) is 37.3 Å². The maximum Gasteiger partial charge on any atom is 0.0914 e. The summed E-state index contributed by atoms with van der Waals surface area (Å²) in [7, 11) is 0. The first-order valence-corrected chi connectivity index (χ1v) is 5.93. The molecule has 96 valence electrons. The number of benzene rings is 1. The van der Waals surface area contributed by atoms with Crippen LogP contribution in [0.3, 0.4) is 0 Å². The second kappa shape index (κ2) is 8.20. The lowest BCUT2D eigenvalue weighted by Crippen LogP contribution is -2.33. The van der Waals surface area contributed by atoms with Crippen LogP contribution in [0.5, 0.6) is 0 Å². The van der Waals surface area contributed by atoms with E-state index in [0.29, 0.717) is 26.3 Å². The van der Waals surface area contributed by atoms with Crippen molar-refractivity contribution in [3.8, 4) is 0 Å². The van der Waals surface area contributed by atoms with Gasteiger partial charge in [-0.15, -0.1) is 0 Å². The molecule has 0 aliphatic carbocycles. The molecule has 0 aliphatic heterocycles. The van der Waals surface area contributed by atoms with E-state index in [9.17, 15) is 10.2 Å². The molecular formula is C13H21NO3. The minimum Gasteiger partial charge on any atom is -0.389 e. The zero-order valence-corrected chi connectivity index (χ0v) is 10.2. The molecule has 0 saturated heterocycles. The van der Waals surface area contributed by atoms with Crippen molar-refractivity contribution in [3.05, 3.63) is 35.9 Å². The van der Waals surface area contributed by atoms with Crippen LogP contribution >= 0.6 is 0 Å². The topological polar surface area (TPSA) is 61.7 Å². The Labute approximate surface area is 102 Å². The number of hydrogen-bond donors (Lipinski definition) is 3. The minimum absolute atomic E-state index is 0.324. The highest BCUT2D eigenvalue weighted by Crippen LogP contribution is 2.10. The van der Waals surface area contributed by atoms with Gasteiger partial charge in [-0.1, -0.05) is 30.3 Å².